The summed E-state index contributed by atoms with van der Waals surface area (Å²) in [6.07, 6.45) is 3.57. The highest BCUT2D eigenvalue weighted by molar-refractivity contribution is 7.89. The Hall–Kier alpha value is -2.23. The van der Waals surface area contributed by atoms with Crippen LogP contribution in [0.5, 0.6) is 5.75 Å². The van der Waals surface area contributed by atoms with Gasteiger partial charge >= 0.3 is 0 Å². The Balaban J connectivity index is 1.62. The maximum atomic E-state index is 13.6. The highest BCUT2D eigenvalue weighted by Crippen LogP contribution is 2.28. The van der Waals surface area contributed by atoms with Crippen molar-refractivity contribution < 1.29 is 26.7 Å². The number of nitrogens with one attached hydrogen (secondary N) is 2. The predicted octanol–water partition coefficient (Wildman–Crippen LogP) is 3.86. The smallest absolute Gasteiger partial charge is 0.262 e. The van der Waals surface area contributed by atoms with Crippen LogP contribution in [0, 0.1) is 11.6 Å². The average molecular weight is 445 g/mol. The molecule has 1 fully saturated rings. The molecule has 0 bridgehead atoms. The van der Waals surface area contributed by atoms with Gasteiger partial charge in [-0.15, -0.1) is 0 Å². The zero-order chi connectivity index (χ0) is 21.0. The summed E-state index contributed by atoms with van der Waals surface area (Å²) in [5, 5.41) is 2.07. The molecule has 1 saturated carbocycles. The first-order chi connectivity index (χ1) is 13.8. The largest absolute Gasteiger partial charge is 0.482 e. The van der Waals surface area contributed by atoms with Gasteiger partial charge in [0.2, 0.25) is 10.0 Å². The Labute approximate surface area is 172 Å². The quantitative estimate of drug-likeness (QED) is 0.679. The van der Waals surface area contributed by atoms with Gasteiger partial charge in [0.15, 0.2) is 6.61 Å². The van der Waals surface area contributed by atoms with Gasteiger partial charge in [-0.1, -0.05) is 30.5 Å². The number of benzene rings is 2. The van der Waals surface area contributed by atoms with E-state index in [9.17, 15) is 22.0 Å². The van der Waals surface area contributed by atoms with Gasteiger partial charge in [-0.2, -0.15) is 0 Å². The Kier molecular flexibility index (Phi) is 6.71. The molecular formula is C19H19ClF2N2O4S. The summed E-state index contributed by atoms with van der Waals surface area (Å²) in [4.78, 5) is 11.9. The molecule has 0 radical (unpaired) electrons. The van der Waals surface area contributed by atoms with Crippen LogP contribution in [0.2, 0.25) is 5.02 Å². The molecule has 0 unspecified atom stereocenters. The molecule has 0 saturated heterocycles. The van der Waals surface area contributed by atoms with Gasteiger partial charge in [-0.25, -0.2) is 21.9 Å². The lowest BCUT2D eigenvalue weighted by Crippen LogP contribution is -2.32. The number of amides is 1. The third-order valence-corrected chi connectivity index (χ3v) is 6.29. The van der Waals surface area contributed by atoms with Crippen LogP contribution >= 0.6 is 11.6 Å². The van der Waals surface area contributed by atoms with Crippen molar-refractivity contribution in [1.82, 2.24) is 4.72 Å². The Morgan fingerprint density at radius 2 is 1.79 bits per heavy atom. The number of hydrogen-bond acceptors (Lipinski definition) is 4. The average Bonchev–Trinajstić information content (AvgIpc) is 3.16. The monoisotopic (exact) mass is 444 g/mol. The first-order valence-electron chi connectivity index (χ1n) is 8.95. The Bertz CT molecular complexity index is 991. The van der Waals surface area contributed by atoms with Crippen molar-refractivity contribution in [2.24, 2.45) is 0 Å². The Morgan fingerprint density at radius 1 is 1.14 bits per heavy atom. The minimum Gasteiger partial charge on any atom is -0.482 e. The molecule has 0 atom stereocenters. The van der Waals surface area contributed by atoms with Gasteiger partial charge < -0.3 is 10.1 Å². The standard InChI is InChI=1S/C19H19ClF2N2O4S/c20-14-10-13(29(26,27)24-12-4-1-2-5-12)8-9-17(14)28-11-18(25)23-19-15(21)6-3-7-16(19)22/h3,6-10,12,24H,1-2,4-5,11H2,(H,23,25). The maximum absolute atomic E-state index is 13.6. The topological polar surface area (TPSA) is 84.5 Å². The number of anilines is 1. The van der Waals surface area contributed by atoms with E-state index in [1.807, 2.05) is 0 Å². The van der Waals surface area contributed by atoms with Crippen LogP contribution < -0.4 is 14.8 Å². The second kappa shape index (κ2) is 9.06. The molecule has 2 aromatic rings. The molecule has 2 aromatic carbocycles. The van der Waals surface area contributed by atoms with E-state index in [0.29, 0.717) is 0 Å². The fourth-order valence-corrected chi connectivity index (χ4v) is 4.66. The number of carbonyl (C=O) groups excluding carboxylic acids is 1. The number of hydrogen-bond donors (Lipinski definition) is 2. The number of sulfonamides is 1. The number of para-hydroxylation sites is 1. The summed E-state index contributed by atoms with van der Waals surface area (Å²) in [5.74, 6) is -2.57. The number of halogens is 3. The van der Waals surface area contributed by atoms with Crippen LogP contribution in [0.15, 0.2) is 41.3 Å². The highest BCUT2D eigenvalue weighted by Gasteiger charge is 2.23. The lowest BCUT2D eigenvalue weighted by molar-refractivity contribution is -0.118. The van der Waals surface area contributed by atoms with Gasteiger partial charge in [0.1, 0.15) is 23.1 Å². The third-order valence-electron chi connectivity index (χ3n) is 4.48. The van der Waals surface area contributed by atoms with Crippen LogP contribution in [0.3, 0.4) is 0 Å². The molecule has 0 heterocycles. The molecule has 3 rings (SSSR count). The fraction of sp³-hybridized carbons (Fsp3) is 0.316. The van der Waals surface area contributed by atoms with Crippen molar-refractivity contribution >= 4 is 33.2 Å². The minimum absolute atomic E-state index is 0.0100. The summed E-state index contributed by atoms with van der Waals surface area (Å²) >= 11 is 6.08. The van der Waals surface area contributed by atoms with E-state index >= 15 is 0 Å². The van der Waals surface area contributed by atoms with Gasteiger partial charge in [0, 0.05) is 6.04 Å². The SMILES string of the molecule is O=C(COc1ccc(S(=O)(=O)NC2CCCC2)cc1Cl)Nc1c(F)cccc1F. The molecule has 156 valence electrons. The van der Waals surface area contributed by atoms with Gasteiger partial charge in [-0.3, -0.25) is 4.79 Å². The van der Waals surface area contributed by atoms with E-state index in [4.69, 9.17) is 16.3 Å². The zero-order valence-corrected chi connectivity index (χ0v) is 16.8. The van der Waals surface area contributed by atoms with Crippen LogP contribution in [-0.4, -0.2) is 27.0 Å². The first kappa shape index (κ1) is 21.5. The van der Waals surface area contributed by atoms with Crippen LogP contribution in [0.4, 0.5) is 14.5 Å². The molecule has 1 aliphatic rings. The molecular weight excluding hydrogens is 426 g/mol. The first-order valence-corrected chi connectivity index (χ1v) is 10.8. The normalized spacial score (nSPS) is 14.7. The number of carbonyl (C=O) groups is 1. The Morgan fingerprint density at radius 3 is 2.41 bits per heavy atom. The summed E-state index contributed by atoms with van der Waals surface area (Å²) in [6, 6.07) is 6.97. The minimum atomic E-state index is -3.72. The van der Waals surface area contributed by atoms with Crippen LogP contribution in [-0.2, 0) is 14.8 Å². The van der Waals surface area contributed by atoms with E-state index in [1.165, 1.54) is 24.3 Å². The van der Waals surface area contributed by atoms with E-state index in [-0.39, 0.29) is 21.7 Å². The van der Waals surface area contributed by atoms with Gasteiger partial charge in [0.25, 0.3) is 5.91 Å². The molecule has 0 aromatic heterocycles. The van der Waals surface area contributed by atoms with Crippen molar-refractivity contribution in [2.75, 3.05) is 11.9 Å². The molecule has 6 nitrogen and oxygen atoms in total. The molecule has 0 aliphatic heterocycles. The molecule has 1 aliphatic carbocycles. The second-order valence-corrected chi connectivity index (χ2v) is 8.75. The van der Waals surface area contributed by atoms with Crippen molar-refractivity contribution in [3.05, 3.63) is 53.1 Å². The molecule has 10 heteroatoms. The molecule has 29 heavy (non-hydrogen) atoms. The van der Waals surface area contributed by atoms with E-state index in [2.05, 4.69) is 10.0 Å². The van der Waals surface area contributed by atoms with Crippen LogP contribution in [0.1, 0.15) is 25.7 Å². The van der Waals surface area contributed by atoms with Crippen molar-refractivity contribution in [1.29, 1.82) is 0 Å². The number of rotatable bonds is 7. The van der Waals surface area contributed by atoms with Gasteiger partial charge in [-0.05, 0) is 43.2 Å². The van der Waals surface area contributed by atoms with Crippen LogP contribution in [0.25, 0.3) is 0 Å². The van der Waals surface area contributed by atoms with Gasteiger partial charge in [0.05, 0.1) is 9.92 Å². The number of ether oxygens (including phenoxy) is 1. The summed E-state index contributed by atoms with van der Waals surface area (Å²) in [5.41, 5.74) is -0.577. The maximum Gasteiger partial charge on any atom is 0.262 e. The van der Waals surface area contributed by atoms with Crippen molar-refractivity contribution in [2.45, 2.75) is 36.6 Å². The fourth-order valence-electron chi connectivity index (χ4n) is 3.03. The lowest BCUT2D eigenvalue weighted by atomic mass is 10.3. The van der Waals surface area contributed by atoms with Crippen molar-refractivity contribution in [3.8, 4) is 5.75 Å². The van der Waals surface area contributed by atoms with E-state index < -0.39 is 39.9 Å². The van der Waals surface area contributed by atoms with Crippen molar-refractivity contribution in [3.63, 3.8) is 0 Å². The van der Waals surface area contributed by atoms with E-state index in [0.717, 1.165) is 37.8 Å². The third kappa shape index (κ3) is 5.43. The molecule has 0 spiro atoms. The highest BCUT2D eigenvalue weighted by atomic mass is 35.5. The molecule has 1 amide bonds. The summed E-state index contributed by atoms with van der Waals surface area (Å²) in [7, 11) is -3.72. The predicted molar refractivity (Wildman–Crippen MR) is 105 cm³/mol. The van der Waals surface area contributed by atoms with E-state index in [1.54, 1.807) is 0 Å². The summed E-state index contributed by atoms with van der Waals surface area (Å²) in [6.45, 7) is -0.570. The zero-order valence-electron chi connectivity index (χ0n) is 15.3. The summed E-state index contributed by atoms with van der Waals surface area (Å²) < 4.78 is 59.9. The molecule has 2 N–H and O–H groups in total. The lowest BCUT2D eigenvalue weighted by Gasteiger charge is -2.14. The second-order valence-electron chi connectivity index (χ2n) is 6.63.